The van der Waals surface area contributed by atoms with E-state index in [1.54, 1.807) is 14.2 Å². The van der Waals surface area contributed by atoms with E-state index in [9.17, 15) is 5.11 Å². The van der Waals surface area contributed by atoms with Crippen molar-refractivity contribution in [3.05, 3.63) is 0 Å². The van der Waals surface area contributed by atoms with Crippen molar-refractivity contribution < 1.29 is 9.84 Å². The SMILES string of the molecule is CC(C)[C@@H]1CC[C@@H](C)C[C@H]1O.COC. The highest BCUT2D eigenvalue weighted by Gasteiger charge is 2.28. The maximum absolute atomic E-state index is 9.71. The Morgan fingerprint density at radius 2 is 1.71 bits per heavy atom. The molecule has 2 nitrogen and oxygen atoms in total. The lowest BCUT2D eigenvalue weighted by atomic mass is 9.75. The fourth-order valence-electron chi connectivity index (χ4n) is 2.15. The Morgan fingerprint density at radius 1 is 1.21 bits per heavy atom. The molecule has 1 aliphatic rings. The molecule has 1 saturated carbocycles. The summed E-state index contributed by atoms with van der Waals surface area (Å²) in [7, 11) is 3.25. The van der Waals surface area contributed by atoms with Crippen LogP contribution in [0.15, 0.2) is 0 Å². The van der Waals surface area contributed by atoms with E-state index in [2.05, 4.69) is 25.5 Å². The fraction of sp³-hybridized carbons (Fsp3) is 1.00. The van der Waals surface area contributed by atoms with Crippen molar-refractivity contribution in [2.45, 2.75) is 46.1 Å². The standard InChI is InChI=1S/C10H20O.C2H6O/c1-7(2)9-5-4-8(3)6-10(9)11;1-3-2/h7-11H,4-6H2,1-3H3;1-2H3/t8-,9+,10-;/m1./s1. The Balaban J connectivity index is 0.000000500. The molecule has 2 heteroatoms. The van der Waals surface area contributed by atoms with Crippen LogP contribution < -0.4 is 0 Å². The molecule has 0 saturated heterocycles. The third-order valence-corrected chi connectivity index (χ3v) is 2.99. The third kappa shape index (κ3) is 4.97. The Morgan fingerprint density at radius 3 is 2.07 bits per heavy atom. The summed E-state index contributed by atoms with van der Waals surface area (Å²) in [5, 5.41) is 9.71. The summed E-state index contributed by atoms with van der Waals surface area (Å²) in [5.41, 5.74) is 0. The van der Waals surface area contributed by atoms with Crippen LogP contribution >= 0.6 is 0 Å². The zero-order valence-electron chi connectivity index (χ0n) is 10.3. The van der Waals surface area contributed by atoms with Crippen LogP contribution in [0.1, 0.15) is 40.0 Å². The first-order valence-electron chi connectivity index (χ1n) is 5.61. The molecule has 14 heavy (non-hydrogen) atoms. The van der Waals surface area contributed by atoms with Crippen LogP contribution in [0.3, 0.4) is 0 Å². The van der Waals surface area contributed by atoms with E-state index >= 15 is 0 Å². The zero-order valence-corrected chi connectivity index (χ0v) is 10.3. The second-order valence-electron chi connectivity index (χ2n) is 4.80. The van der Waals surface area contributed by atoms with Crippen molar-refractivity contribution in [3.63, 3.8) is 0 Å². The molecule has 0 unspecified atom stereocenters. The first-order valence-corrected chi connectivity index (χ1v) is 5.61. The monoisotopic (exact) mass is 202 g/mol. The molecule has 0 radical (unpaired) electrons. The van der Waals surface area contributed by atoms with Crippen LogP contribution in [-0.2, 0) is 4.74 Å². The van der Waals surface area contributed by atoms with Crippen molar-refractivity contribution in [1.82, 2.24) is 0 Å². The number of hydrogen-bond donors (Lipinski definition) is 1. The first-order chi connectivity index (χ1) is 6.52. The van der Waals surface area contributed by atoms with Crippen molar-refractivity contribution in [2.75, 3.05) is 14.2 Å². The highest BCUT2D eigenvalue weighted by molar-refractivity contribution is 4.79. The molecule has 86 valence electrons. The van der Waals surface area contributed by atoms with Crippen LogP contribution in [0.5, 0.6) is 0 Å². The molecule has 0 bridgehead atoms. The van der Waals surface area contributed by atoms with Crippen LogP contribution in [0, 0.1) is 17.8 Å². The van der Waals surface area contributed by atoms with Crippen molar-refractivity contribution in [3.8, 4) is 0 Å². The van der Waals surface area contributed by atoms with E-state index in [-0.39, 0.29) is 6.10 Å². The molecule has 1 fully saturated rings. The van der Waals surface area contributed by atoms with Gasteiger partial charge in [0.15, 0.2) is 0 Å². The molecule has 1 aliphatic carbocycles. The number of aliphatic hydroxyl groups excluding tert-OH is 1. The van der Waals surface area contributed by atoms with E-state index in [0.717, 1.165) is 12.3 Å². The average molecular weight is 202 g/mol. The average Bonchev–Trinajstić information content (AvgIpc) is 2.04. The van der Waals surface area contributed by atoms with Gasteiger partial charge in [-0.1, -0.05) is 27.2 Å². The minimum atomic E-state index is -0.0289. The maximum Gasteiger partial charge on any atom is 0.0573 e. The molecule has 0 aliphatic heterocycles. The normalized spacial score (nSPS) is 32.4. The fourth-order valence-corrected chi connectivity index (χ4v) is 2.15. The van der Waals surface area contributed by atoms with Crippen LogP contribution in [-0.4, -0.2) is 25.4 Å². The van der Waals surface area contributed by atoms with E-state index in [4.69, 9.17) is 0 Å². The largest absolute Gasteiger partial charge is 0.393 e. The van der Waals surface area contributed by atoms with Gasteiger partial charge < -0.3 is 9.84 Å². The van der Waals surface area contributed by atoms with Gasteiger partial charge in [0.2, 0.25) is 0 Å². The summed E-state index contributed by atoms with van der Waals surface area (Å²) in [6, 6.07) is 0. The molecule has 0 aromatic heterocycles. The summed E-state index contributed by atoms with van der Waals surface area (Å²) >= 11 is 0. The van der Waals surface area contributed by atoms with Gasteiger partial charge in [0.05, 0.1) is 6.10 Å². The minimum absolute atomic E-state index is 0.0289. The molecule has 0 spiro atoms. The van der Waals surface area contributed by atoms with Crippen LogP contribution in [0.4, 0.5) is 0 Å². The number of methoxy groups -OCH3 is 1. The molecule has 0 aromatic carbocycles. The lowest BCUT2D eigenvalue weighted by Gasteiger charge is -2.33. The van der Waals surface area contributed by atoms with Gasteiger partial charge in [-0.2, -0.15) is 0 Å². The lowest BCUT2D eigenvalue weighted by molar-refractivity contribution is 0.0266. The predicted octanol–water partition coefficient (Wildman–Crippen LogP) is 2.70. The Hall–Kier alpha value is -0.0800. The molecular weight excluding hydrogens is 176 g/mol. The summed E-state index contributed by atoms with van der Waals surface area (Å²) in [6.07, 6.45) is 3.52. The van der Waals surface area contributed by atoms with Crippen molar-refractivity contribution >= 4 is 0 Å². The summed E-state index contributed by atoms with van der Waals surface area (Å²) in [4.78, 5) is 0. The van der Waals surface area contributed by atoms with E-state index in [1.807, 2.05) is 0 Å². The molecule has 0 aromatic rings. The molecule has 1 rings (SSSR count). The highest BCUT2D eigenvalue weighted by atomic mass is 16.4. The number of aliphatic hydroxyl groups is 1. The summed E-state index contributed by atoms with van der Waals surface area (Å²) in [5.74, 6) is 1.95. The van der Waals surface area contributed by atoms with Gasteiger partial charge in [0.25, 0.3) is 0 Å². The molecule has 3 atom stereocenters. The predicted molar refractivity (Wildman–Crippen MR) is 60.3 cm³/mol. The van der Waals surface area contributed by atoms with E-state index in [0.29, 0.717) is 11.8 Å². The topological polar surface area (TPSA) is 29.5 Å². The van der Waals surface area contributed by atoms with E-state index < -0.39 is 0 Å². The molecule has 0 amide bonds. The number of hydrogen-bond acceptors (Lipinski definition) is 2. The smallest absolute Gasteiger partial charge is 0.0573 e. The number of rotatable bonds is 1. The van der Waals surface area contributed by atoms with Gasteiger partial charge in [0.1, 0.15) is 0 Å². The van der Waals surface area contributed by atoms with Gasteiger partial charge >= 0.3 is 0 Å². The molecule has 1 N–H and O–H groups in total. The maximum atomic E-state index is 9.71. The van der Waals surface area contributed by atoms with Gasteiger partial charge in [-0.15, -0.1) is 0 Å². The first kappa shape index (κ1) is 13.9. The number of ether oxygens (including phenoxy) is 1. The summed E-state index contributed by atoms with van der Waals surface area (Å²) < 4.78 is 4.25. The Kier molecular flexibility index (Phi) is 7.20. The third-order valence-electron chi connectivity index (χ3n) is 2.99. The zero-order chi connectivity index (χ0) is 11.1. The molecule has 0 heterocycles. The quantitative estimate of drug-likeness (QED) is 0.708. The Bertz CT molecular complexity index is 134. The molecular formula is C12H26O2. The Labute approximate surface area is 88.7 Å². The lowest BCUT2D eigenvalue weighted by Crippen LogP contribution is -2.31. The van der Waals surface area contributed by atoms with Gasteiger partial charge in [-0.05, 0) is 30.6 Å². The van der Waals surface area contributed by atoms with Crippen LogP contribution in [0.25, 0.3) is 0 Å². The van der Waals surface area contributed by atoms with E-state index in [1.165, 1.54) is 12.8 Å². The van der Waals surface area contributed by atoms with Crippen LogP contribution in [0.2, 0.25) is 0 Å². The highest BCUT2D eigenvalue weighted by Crippen LogP contribution is 2.33. The van der Waals surface area contributed by atoms with Gasteiger partial charge in [0, 0.05) is 14.2 Å². The van der Waals surface area contributed by atoms with Gasteiger partial charge in [-0.25, -0.2) is 0 Å². The second kappa shape index (κ2) is 7.24. The van der Waals surface area contributed by atoms with Gasteiger partial charge in [-0.3, -0.25) is 0 Å². The van der Waals surface area contributed by atoms with Crippen molar-refractivity contribution in [1.29, 1.82) is 0 Å². The second-order valence-corrected chi connectivity index (χ2v) is 4.80. The minimum Gasteiger partial charge on any atom is -0.393 e. The van der Waals surface area contributed by atoms with Crippen molar-refractivity contribution in [2.24, 2.45) is 17.8 Å². The summed E-state index contributed by atoms with van der Waals surface area (Å²) in [6.45, 7) is 6.66.